The minimum absolute atomic E-state index is 0.0645. The van der Waals surface area contributed by atoms with Crippen LogP contribution in [0.25, 0.3) is 0 Å². The zero-order valence-corrected chi connectivity index (χ0v) is 20.3. The average Bonchev–Trinajstić information content (AvgIpc) is 2.81. The molecule has 0 aliphatic carbocycles. The van der Waals surface area contributed by atoms with Gasteiger partial charge in [0.05, 0.1) is 13.2 Å². The number of piperazine rings is 1. The van der Waals surface area contributed by atoms with Crippen LogP contribution < -0.4 is 9.47 Å². The summed E-state index contributed by atoms with van der Waals surface area (Å²) in [5.74, 6) is 1.48. The molecule has 0 aromatic heterocycles. The Bertz CT molecular complexity index is 996. The highest BCUT2D eigenvalue weighted by molar-refractivity contribution is 5.94. The number of nitrogens with zero attached hydrogens (tertiary/aromatic N) is 2. The highest BCUT2D eigenvalue weighted by Gasteiger charge is 2.26. The average molecular weight is 455 g/mol. The van der Waals surface area contributed by atoms with Gasteiger partial charge >= 0.3 is 6.09 Å². The van der Waals surface area contributed by atoms with Gasteiger partial charge in [0.1, 0.15) is 18.1 Å². The molecule has 0 N–H and O–H groups in total. The van der Waals surface area contributed by atoms with E-state index in [1.54, 1.807) is 22.8 Å². The molecule has 2 aromatic carbocycles. The minimum Gasteiger partial charge on any atom is -0.493 e. The maximum atomic E-state index is 13.2. The fourth-order valence-electron chi connectivity index (χ4n) is 3.92. The predicted octanol–water partition coefficient (Wildman–Crippen LogP) is 4.50. The van der Waals surface area contributed by atoms with Gasteiger partial charge in [-0.05, 0) is 75.6 Å². The molecular formula is C26H34N2O5. The van der Waals surface area contributed by atoms with Crippen molar-refractivity contribution in [3.63, 3.8) is 0 Å². The summed E-state index contributed by atoms with van der Waals surface area (Å²) < 4.78 is 17.0. The normalized spacial score (nSPS) is 13.6. The molecule has 0 bridgehead atoms. The second-order valence-corrected chi connectivity index (χ2v) is 8.23. The molecule has 178 valence electrons. The van der Waals surface area contributed by atoms with E-state index in [-0.39, 0.29) is 12.0 Å². The van der Waals surface area contributed by atoms with E-state index in [2.05, 4.69) is 13.0 Å². The summed E-state index contributed by atoms with van der Waals surface area (Å²) in [6.45, 7) is 12.9. The number of carbonyl (C=O) groups excluding carboxylic acids is 2. The molecule has 1 aliphatic rings. The fourth-order valence-corrected chi connectivity index (χ4v) is 3.92. The molecule has 0 spiro atoms. The molecule has 2 amide bonds. The maximum absolute atomic E-state index is 13.2. The molecule has 7 nitrogen and oxygen atoms in total. The van der Waals surface area contributed by atoms with Crippen molar-refractivity contribution in [1.29, 1.82) is 0 Å². The third-order valence-corrected chi connectivity index (χ3v) is 5.85. The van der Waals surface area contributed by atoms with Gasteiger partial charge < -0.3 is 24.0 Å². The number of rotatable bonds is 7. The summed E-state index contributed by atoms with van der Waals surface area (Å²) in [7, 11) is 0. The zero-order chi connectivity index (χ0) is 24.0. The smallest absolute Gasteiger partial charge is 0.409 e. The van der Waals surface area contributed by atoms with E-state index in [1.165, 1.54) is 5.56 Å². The lowest BCUT2D eigenvalue weighted by atomic mass is 10.1. The highest BCUT2D eigenvalue weighted by atomic mass is 16.6. The van der Waals surface area contributed by atoms with Crippen molar-refractivity contribution in [3.8, 4) is 11.5 Å². The van der Waals surface area contributed by atoms with Crippen LogP contribution in [0.2, 0.25) is 0 Å². The molecule has 1 saturated heterocycles. The Hall–Kier alpha value is -3.22. The Kier molecular flexibility index (Phi) is 8.20. The molecule has 7 heteroatoms. The number of ether oxygens (including phenoxy) is 3. The van der Waals surface area contributed by atoms with Crippen molar-refractivity contribution in [1.82, 2.24) is 9.80 Å². The van der Waals surface area contributed by atoms with E-state index in [9.17, 15) is 9.59 Å². The Balaban J connectivity index is 1.73. The monoisotopic (exact) mass is 454 g/mol. The first-order chi connectivity index (χ1) is 15.8. The summed E-state index contributed by atoms with van der Waals surface area (Å²) in [5.41, 5.74) is 4.83. The van der Waals surface area contributed by atoms with Gasteiger partial charge in [-0.1, -0.05) is 6.07 Å². The van der Waals surface area contributed by atoms with Crippen molar-refractivity contribution >= 4 is 12.0 Å². The van der Waals surface area contributed by atoms with Gasteiger partial charge in [-0.25, -0.2) is 4.79 Å². The molecule has 1 aliphatic heterocycles. The summed E-state index contributed by atoms with van der Waals surface area (Å²) in [5, 5.41) is 0. The van der Waals surface area contributed by atoms with Gasteiger partial charge in [0.15, 0.2) is 0 Å². The quantitative estimate of drug-likeness (QED) is 0.616. The molecule has 0 radical (unpaired) electrons. The SMILES string of the molecule is CCOC(=O)N1CCN(C(=O)c2ccc(OCC)c(COc3cc(C)cc(C)c3C)c2)CC1. The van der Waals surface area contributed by atoms with E-state index < -0.39 is 0 Å². The Labute approximate surface area is 196 Å². The first-order valence-corrected chi connectivity index (χ1v) is 11.5. The lowest BCUT2D eigenvalue weighted by molar-refractivity contribution is 0.0570. The minimum atomic E-state index is -0.327. The van der Waals surface area contributed by atoms with Crippen LogP contribution in [0.3, 0.4) is 0 Å². The molecule has 1 heterocycles. The van der Waals surface area contributed by atoms with E-state index in [4.69, 9.17) is 14.2 Å². The number of aryl methyl sites for hydroxylation is 2. The Morgan fingerprint density at radius 1 is 0.848 bits per heavy atom. The van der Waals surface area contributed by atoms with Crippen LogP contribution in [-0.2, 0) is 11.3 Å². The third-order valence-electron chi connectivity index (χ3n) is 5.85. The topological polar surface area (TPSA) is 68.3 Å². The molecule has 0 unspecified atom stereocenters. The standard InChI is InChI=1S/C26H34N2O5/c1-6-31-23-9-8-21(25(29)27-10-12-28(13-11-27)26(30)32-7-2)16-22(23)17-33-24-15-18(3)14-19(4)20(24)5/h8-9,14-16H,6-7,10-13,17H2,1-5H3. The van der Waals surface area contributed by atoms with E-state index in [0.29, 0.717) is 57.3 Å². The van der Waals surface area contributed by atoms with E-state index in [0.717, 1.165) is 22.4 Å². The van der Waals surface area contributed by atoms with Crippen LogP contribution in [0.4, 0.5) is 4.79 Å². The van der Waals surface area contributed by atoms with Gasteiger partial charge in [-0.2, -0.15) is 0 Å². The maximum Gasteiger partial charge on any atom is 0.409 e. The van der Waals surface area contributed by atoms with Crippen LogP contribution in [0.5, 0.6) is 11.5 Å². The first kappa shape index (κ1) is 24.4. The number of hydrogen-bond acceptors (Lipinski definition) is 5. The van der Waals surface area contributed by atoms with Gasteiger partial charge in [0.2, 0.25) is 0 Å². The Morgan fingerprint density at radius 3 is 2.21 bits per heavy atom. The largest absolute Gasteiger partial charge is 0.493 e. The molecule has 33 heavy (non-hydrogen) atoms. The van der Waals surface area contributed by atoms with Crippen molar-refractivity contribution in [2.24, 2.45) is 0 Å². The molecule has 1 fully saturated rings. The fraction of sp³-hybridized carbons (Fsp3) is 0.462. The molecule has 0 atom stereocenters. The van der Waals surface area contributed by atoms with Crippen LogP contribution in [0, 0.1) is 20.8 Å². The number of amides is 2. The van der Waals surface area contributed by atoms with Crippen LogP contribution >= 0.6 is 0 Å². The van der Waals surface area contributed by atoms with E-state index in [1.807, 2.05) is 39.0 Å². The van der Waals surface area contributed by atoms with Crippen LogP contribution in [0.15, 0.2) is 30.3 Å². The number of benzene rings is 2. The zero-order valence-electron chi connectivity index (χ0n) is 20.3. The lowest BCUT2D eigenvalue weighted by Gasteiger charge is -2.34. The highest BCUT2D eigenvalue weighted by Crippen LogP contribution is 2.27. The van der Waals surface area contributed by atoms with Gasteiger partial charge in [-0.15, -0.1) is 0 Å². The molecule has 0 saturated carbocycles. The van der Waals surface area contributed by atoms with Crippen molar-refractivity contribution in [3.05, 3.63) is 58.1 Å². The number of hydrogen-bond donors (Lipinski definition) is 0. The van der Waals surface area contributed by atoms with Crippen molar-refractivity contribution in [2.75, 3.05) is 39.4 Å². The van der Waals surface area contributed by atoms with E-state index >= 15 is 0 Å². The molecule has 2 aromatic rings. The third kappa shape index (κ3) is 5.97. The van der Waals surface area contributed by atoms with Gasteiger partial charge in [0.25, 0.3) is 5.91 Å². The summed E-state index contributed by atoms with van der Waals surface area (Å²) in [4.78, 5) is 28.5. The molecular weight excluding hydrogens is 420 g/mol. The van der Waals surface area contributed by atoms with Crippen LogP contribution in [-0.4, -0.2) is 61.2 Å². The predicted molar refractivity (Wildman–Crippen MR) is 127 cm³/mol. The first-order valence-electron chi connectivity index (χ1n) is 11.5. The lowest BCUT2D eigenvalue weighted by Crippen LogP contribution is -2.50. The van der Waals surface area contributed by atoms with Crippen molar-refractivity contribution < 1.29 is 23.8 Å². The van der Waals surface area contributed by atoms with Crippen molar-refractivity contribution in [2.45, 2.75) is 41.2 Å². The molecule has 3 rings (SSSR count). The van der Waals surface area contributed by atoms with Gasteiger partial charge in [-0.3, -0.25) is 4.79 Å². The van der Waals surface area contributed by atoms with Crippen LogP contribution in [0.1, 0.15) is 46.5 Å². The summed E-state index contributed by atoms with van der Waals surface area (Å²) in [6.07, 6.45) is -0.327. The second kappa shape index (κ2) is 11.1. The van der Waals surface area contributed by atoms with Gasteiger partial charge in [0, 0.05) is 37.3 Å². The Morgan fingerprint density at radius 2 is 1.55 bits per heavy atom. The number of carbonyl (C=O) groups is 2. The summed E-state index contributed by atoms with van der Waals surface area (Å²) in [6, 6.07) is 9.63. The summed E-state index contributed by atoms with van der Waals surface area (Å²) >= 11 is 0. The second-order valence-electron chi connectivity index (χ2n) is 8.23.